The van der Waals surface area contributed by atoms with Crippen molar-refractivity contribution in [1.82, 2.24) is 10.2 Å². The molecule has 2 N–H and O–H groups in total. The highest BCUT2D eigenvalue weighted by Crippen LogP contribution is 2.22. The van der Waals surface area contributed by atoms with Gasteiger partial charge in [-0.1, -0.05) is 11.6 Å². The molecule has 1 saturated heterocycles. The Balaban J connectivity index is 1.76. The van der Waals surface area contributed by atoms with Gasteiger partial charge in [0.2, 0.25) is 0 Å². The Bertz CT molecular complexity index is 477. The molecular formula is C12H15ClN2O3S. The molecule has 1 aliphatic heterocycles. The van der Waals surface area contributed by atoms with Crippen LogP contribution in [0.4, 0.5) is 4.79 Å². The molecule has 1 atom stereocenters. The number of carboxylic acid groups (broad SMARTS) is 1. The van der Waals surface area contributed by atoms with Crippen LogP contribution in [0, 0.1) is 5.92 Å². The number of urea groups is 1. The predicted octanol–water partition coefficient (Wildman–Crippen LogP) is 2.41. The van der Waals surface area contributed by atoms with E-state index in [0.717, 1.165) is 11.3 Å². The van der Waals surface area contributed by atoms with Gasteiger partial charge in [0.25, 0.3) is 0 Å². The van der Waals surface area contributed by atoms with E-state index in [2.05, 4.69) is 5.32 Å². The van der Waals surface area contributed by atoms with E-state index < -0.39 is 5.97 Å². The molecule has 0 aromatic carbocycles. The molecule has 2 rings (SSSR count). The minimum atomic E-state index is -0.805. The Morgan fingerprint density at radius 3 is 2.95 bits per heavy atom. The predicted molar refractivity (Wildman–Crippen MR) is 73.5 cm³/mol. The molecule has 1 unspecified atom stereocenters. The minimum absolute atomic E-state index is 0.0689. The number of halogens is 1. The van der Waals surface area contributed by atoms with Crippen LogP contribution in [0.3, 0.4) is 0 Å². The lowest BCUT2D eigenvalue weighted by Gasteiger charge is -2.16. The molecule has 0 saturated carbocycles. The highest BCUT2D eigenvalue weighted by atomic mass is 35.5. The van der Waals surface area contributed by atoms with Gasteiger partial charge in [-0.3, -0.25) is 4.79 Å². The Labute approximate surface area is 120 Å². The molecule has 104 valence electrons. The average Bonchev–Trinajstić information content (AvgIpc) is 2.95. The number of hydrogen-bond donors (Lipinski definition) is 2. The van der Waals surface area contributed by atoms with Crippen LogP contribution in [0.5, 0.6) is 0 Å². The Morgan fingerprint density at radius 2 is 2.32 bits per heavy atom. The summed E-state index contributed by atoms with van der Waals surface area (Å²) in [4.78, 5) is 25.2. The summed E-state index contributed by atoms with van der Waals surface area (Å²) in [6, 6.07) is 3.54. The highest BCUT2D eigenvalue weighted by molar-refractivity contribution is 7.16. The van der Waals surface area contributed by atoms with Crippen LogP contribution in [0.1, 0.15) is 17.7 Å². The number of carbonyl (C=O) groups excluding carboxylic acids is 1. The highest BCUT2D eigenvalue weighted by Gasteiger charge is 2.27. The van der Waals surface area contributed by atoms with Crippen LogP contribution >= 0.6 is 22.9 Å². The molecule has 1 aromatic rings. The standard InChI is InChI=1S/C12H15ClN2O3S/c13-10-2-1-9(19-10)6-14-12(18)15-4-3-8(7-15)5-11(16)17/h1-2,8H,3-7H2,(H,14,18)(H,16,17). The van der Waals surface area contributed by atoms with Crippen LogP contribution in [0.2, 0.25) is 4.34 Å². The molecule has 5 nitrogen and oxygen atoms in total. The molecule has 1 aliphatic rings. The lowest BCUT2D eigenvalue weighted by Crippen LogP contribution is -2.38. The molecule has 7 heteroatoms. The van der Waals surface area contributed by atoms with Crippen molar-refractivity contribution in [2.45, 2.75) is 19.4 Å². The number of nitrogens with one attached hydrogen (secondary N) is 1. The second-order valence-corrected chi connectivity index (χ2v) is 6.36. The lowest BCUT2D eigenvalue weighted by atomic mass is 10.1. The topological polar surface area (TPSA) is 69.6 Å². The maximum atomic E-state index is 11.9. The summed E-state index contributed by atoms with van der Waals surface area (Å²) in [6.45, 7) is 1.59. The molecule has 1 fully saturated rings. The van der Waals surface area contributed by atoms with E-state index in [-0.39, 0.29) is 18.4 Å². The first-order chi connectivity index (χ1) is 9.04. The van der Waals surface area contributed by atoms with Crippen molar-refractivity contribution >= 4 is 34.9 Å². The van der Waals surface area contributed by atoms with Crippen molar-refractivity contribution in [2.24, 2.45) is 5.92 Å². The second kappa shape index (κ2) is 6.25. The summed E-state index contributed by atoms with van der Waals surface area (Å²) < 4.78 is 0.701. The van der Waals surface area contributed by atoms with Gasteiger partial charge in [-0.2, -0.15) is 0 Å². The van der Waals surface area contributed by atoms with Crippen molar-refractivity contribution < 1.29 is 14.7 Å². The maximum absolute atomic E-state index is 11.9. The number of carbonyl (C=O) groups is 2. The average molecular weight is 303 g/mol. The van der Waals surface area contributed by atoms with E-state index in [1.54, 1.807) is 11.0 Å². The fraction of sp³-hybridized carbons (Fsp3) is 0.500. The zero-order valence-corrected chi connectivity index (χ0v) is 11.8. The van der Waals surface area contributed by atoms with Gasteiger partial charge in [-0.25, -0.2) is 4.79 Å². The third-order valence-electron chi connectivity index (χ3n) is 3.08. The second-order valence-electron chi connectivity index (χ2n) is 4.56. The van der Waals surface area contributed by atoms with E-state index in [0.29, 0.717) is 24.0 Å². The molecule has 0 radical (unpaired) electrons. The quantitative estimate of drug-likeness (QED) is 0.897. The van der Waals surface area contributed by atoms with E-state index in [1.165, 1.54) is 11.3 Å². The van der Waals surface area contributed by atoms with Crippen LogP contribution < -0.4 is 5.32 Å². The number of likely N-dealkylation sites (tertiary alicyclic amines) is 1. The van der Waals surface area contributed by atoms with E-state index in [9.17, 15) is 9.59 Å². The first kappa shape index (κ1) is 14.1. The van der Waals surface area contributed by atoms with Crippen molar-refractivity contribution in [1.29, 1.82) is 0 Å². The number of hydrogen-bond acceptors (Lipinski definition) is 3. The molecule has 0 bridgehead atoms. The molecular weight excluding hydrogens is 288 g/mol. The van der Waals surface area contributed by atoms with Gasteiger partial charge in [0.1, 0.15) is 0 Å². The summed E-state index contributed by atoms with van der Waals surface area (Å²) in [7, 11) is 0. The molecule has 0 spiro atoms. The number of thiophene rings is 1. The molecule has 2 heterocycles. The zero-order valence-electron chi connectivity index (χ0n) is 10.3. The van der Waals surface area contributed by atoms with Gasteiger partial charge in [-0.15, -0.1) is 11.3 Å². The number of carboxylic acids is 1. The molecule has 2 amide bonds. The van der Waals surface area contributed by atoms with Crippen molar-refractivity contribution in [3.63, 3.8) is 0 Å². The number of amides is 2. The SMILES string of the molecule is O=C(O)CC1CCN(C(=O)NCc2ccc(Cl)s2)C1. The van der Waals surface area contributed by atoms with Gasteiger partial charge in [0, 0.05) is 24.4 Å². The Morgan fingerprint density at radius 1 is 1.53 bits per heavy atom. The third kappa shape index (κ3) is 4.11. The van der Waals surface area contributed by atoms with E-state index in [4.69, 9.17) is 16.7 Å². The van der Waals surface area contributed by atoms with Crippen molar-refractivity contribution in [3.8, 4) is 0 Å². The summed E-state index contributed by atoms with van der Waals surface area (Å²) in [5.41, 5.74) is 0. The summed E-state index contributed by atoms with van der Waals surface area (Å²) in [5, 5.41) is 11.5. The van der Waals surface area contributed by atoms with Crippen LogP contribution in [-0.4, -0.2) is 35.1 Å². The van der Waals surface area contributed by atoms with Crippen LogP contribution in [0.25, 0.3) is 0 Å². The van der Waals surface area contributed by atoms with E-state index in [1.807, 2.05) is 6.07 Å². The van der Waals surface area contributed by atoms with Gasteiger partial charge in [0.05, 0.1) is 10.9 Å². The maximum Gasteiger partial charge on any atom is 0.317 e. The van der Waals surface area contributed by atoms with Gasteiger partial charge < -0.3 is 15.3 Å². The first-order valence-corrected chi connectivity index (χ1v) is 7.23. The molecule has 1 aromatic heterocycles. The van der Waals surface area contributed by atoms with Gasteiger partial charge in [-0.05, 0) is 24.5 Å². The van der Waals surface area contributed by atoms with E-state index >= 15 is 0 Å². The lowest BCUT2D eigenvalue weighted by molar-refractivity contribution is -0.138. The summed E-state index contributed by atoms with van der Waals surface area (Å²) >= 11 is 7.25. The largest absolute Gasteiger partial charge is 0.481 e. The van der Waals surface area contributed by atoms with Crippen LogP contribution in [0.15, 0.2) is 12.1 Å². The fourth-order valence-corrected chi connectivity index (χ4v) is 3.18. The molecule has 0 aliphatic carbocycles. The minimum Gasteiger partial charge on any atom is -0.481 e. The van der Waals surface area contributed by atoms with Crippen LogP contribution in [-0.2, 0) is 11.3 Å². The van der Waals surface area contributed by atoms with Crippen molar-refractivity contribution in [2.75, 3.05) is 13.1 Å². The number of aliphatic carboxylic acids is 1. The van der Waals surface area contributed by atoms with Gasteiger partial charge >= 0.3 is 12.0 Å². The molecule has 19 heavy (non-hydrogen) atoms. The monoisotopic (exact) mass is 302 g/mol. The summed E-state index contributed by atoms with van der Waals surface area (Å²) in [6.07, 6.45) is 0.884. The van der Waals surface area contributed by atoms with Gasteiger partial charge in [0.15, 0.2) is 0 Å². The summed E-state index contributed by atoms with van der Waals surface area (Å²) in [5.74, 6) is -0.736. The zero-order chi connectivity index (χ0) is 13.8. The Hall–Kier alpha value is -1.27. The first-order valence-electron chi connectivity index (χ1n) is 6.03. The fourth-order valence-electron chi connectivity index (χ4n) is 2.15. The number of nitrogens with zero attached hydrogens (tertiary/aromatic N) is 1. The third-order valence-corrected chi connectivity index (χ3v) is 4.31. The smallest absolute Gasteiger partial charge is 0.317 e. The van der Waals surface area contributed by atoms with Crippen molar-refractivity contribution in [3.05, 3.63) is 21.3 Å². The normalized spacial score (nSPS) is 18.6. The Kier molecular flexibility index (Phi) is 4.66. The number of rotatable bonds is 4.